The molecule has 4 unspecified atom stereocenters. The van der Waals surface area contributed by atoms with E-state index in [9.17, 15) is 4.79 Å². The first-order chi connectivity index (χ1) is 20.4. The van der Waals surface area contributed by atoms with E-state index in [4.69, 9.17) is 28.9 Å². The van der Waals surface area contributed by atoms with E-state index < -0.39 is 17.7 Å². The average Bonchev–Trinajstić information content (AvgIpc) is 2.94. The first-order valence-electron chi connectivity index (χ1n) is 15.2. The number of fused-ring (bicyclic) bond motifs is 2. The predicted molar refractivity (Wildman–Crippen MR) is 169 cm³/mol. The lowest BCUT2D eigenvalue weighted by Crippen LogP contribution is -2.71. The lowest BCUT2D eigenvalue weighted by Gasteiger charge is -2.55. The number of aromatic nitrogens is 2. The second-order valence-corrected chi connectivity index (χ2v) is 12.3. The number of benzene rings is 2. The van der Waals surface area contributed by atoms with Crippen LogP contribution in [0.5, 0.6) is 23.0 Å². The number of piperazine rings is 1. The summed E-state index contributed by atoms with van der Waals surface area (Å²) >= 11 is 0. The van der Waals surface area contributed by atoms with Gasteiger partial charge in [0.2, 0.25) is 12.1 Å². The normalized spacial score (nSPS) is 23.0. The number of aryl methyl sites for hydroxylation is 1. The van der Waals surface area contributed by atoms with E-state index in [2.05, 4.69) is 37.9 Å². The van der Waals surface area contributed by atoms with Crippen molar-refractivity contribution in [3.63, 3.8) is 0 Å². The lowest BCUT2D eigenvalue weighted by atomic mass is 9.86. The van der Waals surface area contributed by atoms with Gasteiger partial charge in [0.05, 0.1) is 29.8 Å². The Bertz CT molecular complexity index is 1510. The molecule has 0 saturated carbocycles. The highest BCUT2D eigenvalue weighted by Gasteiger charge is 2.49. The molecule has 1 N–H and O–H groups in total. The summed E-state index contributed by atoms with van der Waals surface area (Å²) in [5.41, 5.74) is 1.22. The maximum absolute atomic E-state index is 14.1. The summed E-state index contributed by atoms with van der Waals surface area (Å²) in [6, 6.07) is 9.35. The van der Waals surface area contributed by atoms with Crippen molar-refractivity contribution in [1.82, 2.24) is 14.9 Å². The Morgan fingerprint density at radius 1 is 1.14 bits per heavy atom. The third kappa shape index (κ3) is 5.47. The van der Waals surface area contributed by atoms with Crippen LogP contribution in [0.1, 0.15) is 61.0 Å². The molecule has 10 heteroatoms. The summed E-state index contributed by atoms with van der Waals surface area (Å²) in [6.45, 7) is 19.2. The standard InChI is InChI=1S/C33H45N5O5/c1-11-40-26-15-23-24(16-27(26)41-18(2)3)35-32(36-30(23)34-10)38-20(5)17-37(22(7)33(38,8)9)31(39)29-21(6)42-28-19(4)13-12-14-25(28)43-29/h12-16,18,20-22,29H,11,17H2,1-10H3,(H,34,35,36). The zero-order valence-electron chi connectivity index (χ0n) is 27.0. The molecular weight excluding hydrogens is 546 g/mol. The Labute approximate surface area is 254 Å². The molecule has 2 aliphatic heterocycles. The number of ether oxygens (including phenoxy) is 4. The molecule has 0 bridgehead atoms. The number of nitrogens with zero attached hydrogens (tertiary/aromatic N) is 4. The van der Waals surface area contributed by atoms with Crippen LogP contribution in [0.2, 0.25) is 0 Å². The second kappa shape index (κ2) is 11.6. The number of anilines is 2. The van der Waals surface area contributed by atoms with Crippen molar-refractivity contribution < 1.29 is 23.7 Å². The minimum atomic E-state index is -0.738. The van der Waals surface area contributed by atoms with Crippen LogP contribution in [0.15, 0.2) is 30.3 Å². The van der Waals surface area contributed by atoms with Crippen LogP contribution in [0.25, 0.3) is 10.9 Å². The maximum Gasteiger partial charge on any atom is 0.267 e. The first kappa shape index (κ1) is 30.5. The van der Waals surface area contributed by atoms with Gasteiger partial charge < -0.3 is 34.1 Å². The molecule has 1 aromatic heterocycles. The molecule has 1 saturated heterocycles. The fourth-order valence-corrected chi connectivity index (χ4v) is 6.21. The van der Waals surface area contributed by atoms with Gasteiger partial charge in [0.1, 0.15) is 11.9 Å². The van der Waals surface area contributed by atoms with Gasteiger partial charge in [-0.15, -0.1) is 0 Å². The van der Waals surface area contributed by atoms with Gasteiger partial charge in [0.25, 0.3) is 5.91 Å². The largest absolute Gasteiger partial charge is 0.490 e. The van der Waals surface area contributed by atoms with Gasteiger partial charge in [0.15, 0.2) is 23.0 Å². The van der Waals surface area contributed by atoms with Crippen molar-refractivity contribution in [1.29, 1.82) is 0 Å². The number of carbonyl (C=O) groups is 1. The monoisotopic (exact) mass is 591 g/mol. The molecule has 0 radical (unpaired) electrons. The summed E-state index contributed by atoms with van der Waals surface area (Å²) in [7, 11) is 1.85. The van der Waals surface area contributed by atoms with Crippen LogP contribution < -0.4 is 29.2 Å². The third-order valence-corrected chi connectivity index (χ3v) is 8.56. The lowest BCUT2D eigenvalue weighted by molar-refractivity contribution is -0.149. The van der Waals surface area contributed by atoms with E-state index in [0.717, 1.165) is 16.5 Å². The van der Waals surface area contributed by atoms with E-state index >= 15 is 0 Å². The van der Waals surface area contributed by atoms with Gasteiger partial charge in [-0.2, -0.15) is 4.98 Å². The number of hydrogen-bond acceptors (Lipinski definition) is 9. The highest BCUT2D eigenvalue weighted by Crippen LogP contribution is 2.41. The number of hydrogen-bond donors (Lipinski definition) is 1. The predicted octanol–water partition coefficient (Wildman–Crippen LogP) is 5.60. The smallest absolute Gasteiger partial charge is 0.267 e. The Morgan fingerprint density at radius 2 is 1.88 bits per heavy atom. The van der Waals surface area contributed by atoms with Crippen LogP contribution in [-0.2, 0) is 4.79 Å². The van der Waals surface area contributed by atoms with Gasteiger partial charge in [-0.3, -0.25) is 4.79 Å². The fourth-order valence-electron chi connectivity index (χ4n) is 6.21. The van der Waals surface area contributed by atoms with Crippen LogP contribution in [-0.4, -0.2) is 76.9 Å². The molecule has 4 atom stereocenters. The zero-order valence-corrected chi connectivity index (χ0v) is 27.0. The molecule has 1 amide bonds. The SMILES string of the molecule is CCOc1cc2c(NC)nc(N3C(C)CN(C(=O)C4Oc5cccc(C)c5OC4C)C(C)C3(C)C)nc2cc1OC(C)C. The summed E-state index contributed by atoms with van der Waals surface area (Å²) < 4.78 is 24.4. The fraction of sp³-hybridized carbons (Fsp3) is 0.545. The van der Waals surface area contributed by atoms with Crippen LogP contribution in [0.3, 0.4) is 0 Å². The summed E-state index contributed by atoms with van der Waals surface area (Å²) in [5, 5.41) is 4.09. The van der Waals surface area contributed by atoms with Gasteiger partial charge in [0, 0.05) is 31.1 Å². The molecular formula is C33H45N5O5. The van der Waals surface area contributed by atoms with E-state index in [1.807, 2.05) is 76.9 Å². The number of nitrogens with one attached hydrogen (secondary N) is 1. The highest BCUT2D eigenvalue weighted by atomic mass is 16.6. The number of amides is 1. The zero-order chi connectivity index (χ0) is 31.2. The maximum atomic E-state index is 14.1. The molecule has 10 nitrogen and oxygen atoms in total. The molecule has 232 valence electrons. The Kier molecular flexibility index (Phi) is 8.24. The van der Waals surface area contributed by atoms with E-state index in [-0.39, 0.29) is 24.1 Å². The van der Waals surface area contributed by atoms with Gasteiger partial charge in [-0.1, -0.05) is 12.1 Å². The highest BCUT2D eigenvalue weighted by molar-refractivity contribution is 5.93. The Balaban J connectivity index is 1.48. The molecule has 0 aliphatic carbocycles. The number of rotatable bonds is 7. The van der Waals surface area contributed by atoms with Gasteiger partial charge in [-0.05, 0) is 80.0 Å². The minimum absolute atomic E-state index is 0.0223. The summed E-state index contributed by atoms with van der Waals surface area (Å²) in [5.74, 6) is 3.81. The van der Waals surface area contributed by atoms with Gasteiger partial charge in [-0.25, -0.2) is 4.98 Å². The molecule has 43 heavy (non-hydrogen) atoms. The molecule has 2 aromatic carbocycles. The molecule has 2 aliphatic rings. The third-order valence-electron chi connectivity index (χ3n) is 8.56. The Hall–Kier alpha value is -3.95. The minimum Gasteiger partial charge on any atom is -0.490 e. The van der Waals surface area contributed by atoms with E-state index in [1.54, 1.807) is 0 Å². The van der Waals surface area contributed by atoms with E-state index in [0.29, 0.717) is 47.9 Å². The quantitative estimate of drug-likeness (QED) is 0.377. The molecule has 0 spiro atoms. The topological polar surface area (TPSA) is 98.3 Å². The molecule has 1 fully saturated rings. The number of carbonyl (C=O) groups excluding carboxylic acids is 1. The van der Waals surface area contributed by atoms with E-state index in [1.165, 1.54) is 0 Å². The van der Waals surface area contributed by atoms with Crippen molar-refractivity contribution >= 4 is 28.6 Å². The van der Waals surface area contributed by atoms with Crippen LogP contribution in [0.4, 0.5) is 11.8 Å². The summed E-state index contributed by atoms with van der Waals surface area (Å²) in [4.78, 5) is 28.2. The molecule has 3 aromatic rings. The second-order valence-electron chi connectivity index (χ2n) is 12.3. The number of para-hydroxylation sites is 1. The first-order valence-corrected chi connectivity index (χ1v) is 15.2. The van der Waals surface area contributed by atoms with Crippen molar-refractivity contribution in [3.05, 3.63) is 35.9 Å². The van der Waals surface area contributed by atoms with Crippen molar-refractivity contribution in [2.45, 2.75) is 98.2 Å². The van der Waals surface area contributed by atoms with Crippen molar-refractivity contribution in [2.75, 3.05) is 30.4 Å². The van der Waals surface area contributed by atoms with Crippen molar-refractivity contribution in [3.8, 4) is 23.0 Å². The summed E-state index contributed by atoms with van der Waals surface area (Å²) in [6.07, 6.45) is -1.18. The van der Waals surface area contributed by atoms with Crippen molar-refractivity contribution in [2.24, 2.45) is 0 Å². The van der Waals surface area contributed by atoms with Gasteiger partial charge >= 0.3 is 0 Å². The average molecular weight is 592 g/mol. The van der Waals surface area contributed by atoms with Crippen LogP contribution >= 0.6 is 0 Å². The molecule has 5 rings (SSSR count). The molecule has 3 heterocycles. The Morgan fingerprint density at radius 3 is 2.56 bits per heavy atom. The van der Waals surface area contributed by atoms with Crippen LogP contribution in [0, 0.1) is 6.92 Å².